The summed E-state index contributed by atoms with van der Waals surface area (Å²) in [6, 6.07) is 11.1. The number of ketones is 1. The fourth-order valence-corrected chi connectivity index (χ4v) is 7.06. The molecule has 0 unspecified atom stereocenters. The van der Waals surface area contributed by atoms with Crippen molar-refractivity contribution in [3.8, 4) is 5.69 Å². The minimum atomic E-state index is -3.90. The highest BCUT2D eigenvalue weighted by molar-refractivity contribution is 7.89. The topological polar surface area (TPSA) is 103 Å². The van der Waals surface area contributed by atoms with E-state index in [0.29, 0.717) is 17.8 Å². The maximum Gasteiger partial charge on any atom is 0.260 e. The number of hydrogen-bond acceptors (Lipinski definition) is 6. The molecule has 4 aromatic rings. The van der Waals surface area contributed by atoms with Gasteiger partial charge in [-0.1, -0.05) is 5.57 Å². The summed E-state index contributed by atoms with van der Waals surface area (Å²) in [5.74, 6) is -0.567. The number of carbonyl (C=O) groups is 1. The Labute approximate surface area is 219 Å². The zero-order chi connectivity index (χ0) is 26.7. The van der Waals surface area contributed by atoms with Crippen LogP contribution >= 0.6 is 0 Å². The number of halogens is 1. The Kier molecular flexibility index (Phi) is 5.65. The largest absolute Gasteiger partial charge is 0.291 e. The summed E-state index contributed by atoms with van der Waals surface area (Å²) in [6.45, 7) is 2.08. The van der Waals surface area contributed by atoms with E-state index in [1.807, 2.05) is 19.1 Å². The van der Waals surface area contributed by atoms with E-state index in [-0.39, 0.29) is 36.1 Å². The molecule has 11 heteroatoms. The highest BCUT2D eigenvalue weighted by Crippen LogP contribution is 2.47. The van der Waals surface area contributed by atoms with Crippen molar-refractivity contribution in [3.63, 3.8) is 0 Å². The molecule has 0 radical (unpaired) electrons. The van der Waals surface area contributed by atoms with Gasteiger partial charge in [0.1, 0.15) is 11.5 Å². The fourth-order valence-electron chi connectivity index (χ4n) is 5.46. The lowest BCUT2D eigenvalue weighted by Gasteiger charge is -2.44. The van der Waals surface area contributed by atoms with Gasteiger partial charge in [-0.25, -0.2) is 17.5 Å². The summed E-state index contributed by atoms with van der Waals surface area (Å²) in [7, 11) is -2.32. The Morgan fingerprint density at radius 2 is 1.87 bits per heavy atom. The fraction of sp³-hybridized carbons (Fsp3) is 0.259. The van der Waals surface area contributed by atoms with Crippen LogP contribution in [0.5, 0.6) is 0 Å². The van der Waals surface area contributed by atoms with Crippen LogP contribution in [0, 0.1) is 18.2 Å². The summed E-state index contributed by atoms with van der Waals surface area (Å²) < 4.78 is 45.2. The summed E-state index contributed by atoms with van der Waals surface area (Å²) >= 11 is 0. The van der Waals surface area contributed by atoms with E-state index in [2.05, 4.69) is 15.2 Å². The van der Waals surface area contributed by atoms with Crippen LogP contribution in [0.4, 0.5) is 4.39 Å². The molecule has 0 amide bonds. The molecule has 0 spiro atoms. The first kappa shape index (κ1) is 24.4. The van der Waals surface area contributed by atoms with Gasteiger partial charge in [-0.2, -0.15) is 14.5 Å². The molecule has 0 N–H and O–H groups in total. The van der Waals surface area contributed by atoms with Gasteiger partial charge >= 0.3 is 0 Å². The summed E-state index contributed by atoms with van der Waals surface area (Å²) in [4.78, 5) is 18.6. The number of pyridine rings is 1. The van der Waals surface area contributed by atoms with E-state index in [1.165, 1.54) is 33.4 Å². The lowest BCUT2D eigenvalue weighted by Crippen LogP contribution is -2.53. The minimum absolute atomic E-state index is 0.0258. The highest BCUT2D eigenvalue weighted by atomic mass is 32.2. The molecule has 1 fully saturated rings. The molecule has 4 heterocycles. The van der Waals surface area contributed by atoms with E-state index >= 15 is 0 Å². The Morgan fingerprint density at radius 1 is 1.08 bits per heavy atom. The lowest BCUT2D eigenvalue weighted by molar-refractivity contribution is 0.0769. The average Bonchev–Trinajstić information content (AvgIpc) is 3.53. The van der Waals surface area contributed by atoms with Crippen LogP contribution in [0.2, 0.25) is 0 Å². The van der Waals surface area contributed by atoms with Crippen molar-refractivity contribution in [1.82, 2.24) is 28.9 Å². The number of hydrogen-bond donors (Lipinski definition) is 0. The molecule has 1 saturated heterocycles. The van der Waals surface area contributed by atoms with E-state index in [1.54, 1.807) is 42.3 Å². The Bertz CT molecular complexity index is 1710. The van der Waals surface area contributed by atoms with Gasteiger partial charge in [0.25, 0.3) is 10.0 Å². The van der Waals surface area contributed by atoms with Crippen LogP contribution < -0.4 is 0 Å². The second-order valence-electron chi connectivity index (χ2n) is 9.80. The third-order valence-corrected chi connectivity index (χ3v) is 9.34. The maximum atomic E-state index is 14.2. The molecule has 9 nitrogen and oxygen atoms in total. The second kappa shape index (κ2) is 8.81. The third-order valence-electron chi connectivity index (χ3n) is 7.41. The van der Waals surface area contributed by atoms with Crippen LogP contribution in [-0.2, 0) is 23.5 Å². The van der Waals surface area contributed by atoms with Gasteiger partial charge in [-0.15, -0.1) is 0 Å². The first-order valence-electron chi connectivity index (χ1n) is 12.2. The Balaban J connectivity index is 1.47. The molecular formula is C27H25FN6O3S. The van der Waals surface area contributed by atoms with Gasteiger partial charge in [0.15, 0.2) is 10.8 Å². The molecule has 194 valence electrons. The van der Waals surface area contributed by atoms with Gasteiger partial charge in [-0.05, 0) is 79.4 Å². The Morgan fingerprint density at radius 3 is 2.58 bits per heavy atom. The molecule has 2 aliphatic rings. The smallest absolute Gasteiger partial charge is 0.260 e. The lowest BCUT2D eigenvalue weighted by atomic mass is 9.65. The molecule has 0 bridgehead atoms. The molecule has 1 aromatic carbocycles. The quantitative estimate of drug-likeness (QED) is 0.365. The average molecular weight is 533 g/mol. The standard InChI is InChI=1S/C27H25FN6O3S/c1-18-7-10-29-23(13-18)26(35)27-15-19-16-31-34(22-5-3-21(28)4-6-22)24(19)14-20(27)9-12-33(17-27)38(36,37)25-8-11-30-32(25)2/h3-8,10-11,13-14,16H,9,12,15,17H2,1-2H3/t27-/m0/s1. The van der Waals surface area contributed by atoms with Gasteiger partial charge in [0.05, 0.1) is 29.2 Å². The molecular weight excluding hydrogens is 507 g/mol. The Hall–Kier alpha value is -3.96. The van der Waals surface area contributed by atoms with Crippen molar-refractivity contribution in [3.05, 3.63) is 95.0 Å². The molecule has 6 rings (SSSR count). The monoisotopic (exact) mass is 532 g/mol. The number of nitrogens with zero attached hydrogens (tertiary/aromatic N) is 6. The zero-order valence-electron chi connectivity index (χ0n) is 20.9. The van der Waals surface area contributed by atoms with E-state index in [9.17, 15) is 17.6 Å². The van der Waals surface area contributed by atoms with Crippen LogP contribution in [0.3, 0.4) is 0 Å². The third kappa shape index (κ3) is 3.81. The molecule has 1 aliphatic heterocycles. The van der Waals surface area contributed by atoms with Crippen molar-refractivity contribution in [1.29, 1.82) is 0 Å². The predicted molar refractivity (Wildman–Crippen MR) is 138 cm³/mol. The number of Topliss-reactive ketones (excluding diaryl/α,β-unsaturated/α-hetero) is 1. The number of piperidine rings is 1. The predicted octanol–water partition coefficient (Wildman–Crippen LogP) is 3.35. The minimum Gasteiger partial charge on any atom is -0.291 e. The molecule has 1 atom stereocenters. The second-order valence-corrected chi connectivity index (χ2v) is 11.7. The van der Waals surface area contributed by atoms with Crippen molar-refractivity contribution in [2.75, 3.05) is 13.1 Å². The van der Waals surface area contributed by atoms with Crippen LogP contribution in [-0.4, -0.2) is 56.1 Å². The number of aromatic nitrogens is 5. The van der Waals surface area contributed by atoms with Crippen molar-refractivity contribution in [2.45, 2.75) is 24.8 Å². The first-order chi connectivity index (χ1) is 18.2. The van der Waals surface area contributed by atoms with Gasteiger partial charge < -0.3 is 0 Å². The number of benzene rings is 1. The van der Waals surface area contributed by atoms with Gasteiger partial charge in [-0.3, -0.25) is 14.5 Å². The van der Waals surface area contributed by atoms with E-state index < -0.39 is 15.4 Å². The highest BCUT2D eigenvalue weighted by Gasteiger charge is 2.51. The van der Waals surface area contributed by atoms with E-state index in [4.69, 9.17) is 0 Å². The zero-order valence-corrected chi connectivity index (χ0v) is 21.7. The number of sulfonamides is 1. The normalized spacial score (nSPS) is 19.5. The number of fused-ring (bicyclic) bond motifs is 2. The summed E-state index contributed by atoms with van der Waals surface area (Å²) in [5, 5.41) is 8.63. The number of aryl methyl sites for hydroxylation is 2. The SMILES string of the molecule is Cc1ccnc(C(=O)[C@]23Cc4cnn(-c5ccc(F)cc5)c4C=C2CCN(S(=O)(=O)c2ccnn2C)C3)c1. The summed E-state index contributed by atoms with van der Waals surface area (Å²) in [5.41, 5.74) is 3.17. The maximum absolute atomic E-state index is 14.2. The van der Waals surface area contributed by atoms with Crippen LogP contribution in [0.15, 0.2) is 71.7 Å². The van der Waals surface area contributed by atoms with Crippen molar-refractivity contribution in [2.24, 2.45) is 12.5 Å². The molecule has 0 saturated carbocycles. The first-order valence-corrected chi connectivity index (χ1v) is 13.6. The van der Waals surface area contributed by atoms with Gasteiger partial charge in [0.2, 0.25) is 0 Å². The van der Waals surface area contributed by atoms with Gasteiger partial charge in [0, 0.05) is 26.3 Å². The van der Waals surface area contributed by atoms with Crippen molar-refractivity contribution < 1.29 is 17.6 Å². The molecule has 38 heavy (non-hydrogen) atoms. The van der Waals surface area contributed by atoms with Crippen molar-refractivity contribution >= 4 is 21.9 Å². The molecule has 1 aliphatic carbocycles. The molecule has 3 aromatic heterocycles. The number of carbonyl (C=O) groups excluding carboxylic acids is 1. The number of rotatable bonds is 5. The van der Waals surface area contributed by atoms with E-state index in [0.717, 1.165) is 22.4 Å². The van der Waals surface area contributed by atoms with Crippen LogP contribution in [0.25, 0.3) is 11.8 Å². The summed E-state index contributed by atoms with van der Waals surface area (Å²) in [6.07, 6.45) is 7.30. The van der Waals surface area contributed by atoms with Crippen LogP contribution in [0.1, 0.15) is 33.7 Å².